The fourth-order valence-electron chi connectivity index (χ4n) is 5.80. The van der Waals surface area contributed by atoms with E-state index in [9.17, 15) is 35.1 Å². The topological polar surface area (TPSA) is 184 Å². The first kappa shape index (κ1) is 34.7. The number of phenols is 2. The molecule has 0 radical (unpaired) electrons. The molecule has 12 nitrogen and oxygen atoms in total. The van der Waals surface area contributed by atoms with Gasteiger partial charge in [0.2, 0.25) is 0 Å². The van der Waals surface area contributed by atoms with Crippen LogP contribution in [-0.4, -0.2) is 101 Å². The molecule has 0 spiro atoms. The van der Waals surface area contributed by atoms with Gasteiger partial charge >= 0.3 is 5.97 Å². The highest BCUT2D eigenvalue weighted by Crippen LogP contribution is 2.42. The number of fused-ring (bicyclic) bond motifs is 1. The summed E-state index contributed by atoms with van der Waals surface area (Å²) in [4.78, 5) is 25.6. The van der Waals surface area contributed by atoms with Crippen molar-refractivity contribution >= 4 is 11.9 Å². The van der Waals surface area contributed by atoms with Crippen molar-refractivity contribution < 1.29 is 54.1 Å². The molecule has 9 atom stereocenters. The third-order valence-electron chi connectivity index (χ3n) is 9.02. The van der Waals surface area contributed by atoms with Crippen LogP contribution in [0.2, 0.25) is 0 Å². The number of cyclic esters (lactones) is 1. The fourth-order valence-corrected chi connectivity index (χ4v) is 5.80. The summed E-state index contributed by atoms with van der Waals surface area (Å²) in [5.41, 5.74) is 0.851. The van der Waals surface area contributed by atoms with Crippen molar-refractivity contribution in [3.8, 4) is 11.5 Å². The zero-order chi connectivity index (χ0) is 32.4. The fraction of sp³-hybridized carbons (Fsp3) is 0.677. The molecule has 2 aliphatic heterocycles. The number of aromatic hydroxyl groups is 2. The Morgan fingerprint density at radius 1 is 1.19 bits per heavy atom. The number of aliphatic hydroxyl groups excluding tert-OH is 3. The van der Waals surface area contributed by atoms with Gasteiger partial charge in [0.25, 0.3) is 5.91 Å². The van der Waals surface area contributed by atoms with Gasteiger partial charge in [0.05, 0.1) is 24.4 Å². The maximum Gasteiger partial charge on any atom is 0.342 e. The Hall–Kier alpha value is -2.74. The highest BCUT2D eigenvalue weighted by molar-refractivity contribution is 5.96. The van der Waals surface area contributed by atoms with Gasteiger partial charge in [-0.3, -0.25) is 4.79 Å². The van der Waals surface area contributed by atoms with Crippen LogP contribution in [0.3, 0.4) is 0 Å². The molecule has 1 saturated heterocycles. The Morgan fingerprint density at radius 3 is 2.42 bits per heavy atom. The van der Waals surface area contributed by atoms with Gasteiger partial charge in [-0.1, -0.05) is 26.3 Å². The number of rotatable bonds is 12. The Balaban J connectivity index is 1.73. The van der Waals surface area contributed by atoms with Crippen molar-refractivity contribution in [1.29, 1.82) is 0 Å². The van der Waals surface area contributed by atoms with Crippen LogP contribution in [0.4, 0.5) is 0 Å². The van der Waals surface area contributed by atoms with Crippen LogP contribution in [0.1, 0.15) is 68.4 Å². The van der Waals surface area contributed by atoms with Gasteiger partial charge < -0.3 is 49.8 Å². The van der Waals surface area contributed by atoms with E-state index in [2.05, 4.69) is 11.9 Å². The van der Waals surface area contributed by atoms with Crippen molar-refractivity contribution in [2.45, 2.75) is 109 Å². The summed E-state index contributed by atoms with van der Waals surface area (Å²) < 4.78 is 22.7. The number of benzene rings is 1. The monoisotopic (exact) mass is 609 g/mol. The molecular weight excluding hydrogens is 562 g/mol. The lowest BCUT2D eigenvalue weighted by molar-refractivity contribution is -0.217. The molecule has 1 amide bonds. The molecule has 1 fully saturated rings. The first-order valence-electron chi connectivity index (χ1n) is 14.5. The second-order valence-corrected chi connectivity index (χ2v) is 12.5. The van der Waals surface area contributed by atoms with E-state index in [-0.39, 0.29) is 42.7 Å². The van der Waals surface area contributed by atoms with Gasteiger partial charge in [-0.25, -0.2) is 4.79 Å². The number of carbonyl (C=O) groups is 2. The quantitative estimate of drug-likeness (QED) is 0.115. The molecule has 1 aromatic carbocycles. The van der Waals surface area contributed by atoms with E-state index in [1.54, 1.807) is 20.8 Å². The predicted molar refractivity (Wildman–Crippen MR) is 155 cm³/mol. The molecule has 2 heterocycles. The van der Waals surface area contributed by atoms with Crippen LogP contribution in [0.25, 0.3) is 0 Å². The predicted octanol–water partition coefficient (Wildman–Crippen LogP) is 1.85. The normalized spacial score (nSPS) is 26.8. The minimum Gasteiger partial charge on any atom is -0.508 e. The third-order valence-corrected chi connectivity index (χ3v) is 9.02. The van der Waals surface area contributed by atoms with Crippen LogP contribution < -0.4 is 5.32 Å². The number of esters is 1. The SMILES string of the molecule is C=C(C)C[C@@H](OC)[C@H](O)C(=O)NC(OC)[C@@H]1C[C@@H](O)C(C)(C)[C@@H](C[C@H](O)C(C)[C@H]2Cc3c(C)c(O)cc(O)c3C(=O)O2)O1. The first-order valence-corrected chi connectivity index (χ1v) is 14.5. The number of ether oxygens (including phenoxy) is 4. The van der Waals surface area contributed by atoms with Crippen LogP contribution in [0, 0.1) is 18.3 Å². The maximum absolute atomic E-state index is 12.9. The Labute approximate surface area is 252 Å². The van der Waals surface area contributed by atoms with Crippen LogP contribution in [0.15, 0.2) is 18.2 Å². The summed E-state index contributed by atoms with van der Waals surface area (Å²) in [5.74, 6) is -2.57. The van der Waals surface area contributed by atoms with Gasteiger partial charge in [-0.15, -0.1) is 6.58 Å². The molecule has 2 aliphatic rings. The number of hydrogen-bond donors (Lipinski definition) is 6. The zero-order valence-electron chi connectivity index (χ0n) is 26.0. The molecule has 3 rings (SSSR count). The van der Waals surface area contributed by atoms with E-state index >= 15 is 0 Å². The Bertz CT molecular complexity index is 1180. The van der Waals surface area contributed by atoms with E-state index < -0.39 is 72.2 Å². The molecule has 0 aromatic heterocycles. The first-order chi connectivity index (χ1) is 20.0. The molecular formula is C31H47NO11. The van der Waals surface area contributed by atoms with E-state index in [1.165, 1.54) is 14.2 Å². The van der Waals surface area contributed by atoms with Crippen molar-refractivity contribution in [2.75, 3.05) is 14.2 Å². The van der Waals surface area contributed by atoms with E-state index in [0.717, 1.165) is 11.6 Å². The number of methoxy groups -OCH3 is 2. The van der Waals surface area contributed by atoms with Crippen molar-refractivity contribution in [2.24, 2.45) is 11.3 Å². The zero-order valence-corrected chi connectivity index (χ0v) is 26.0. The lowest BCUT2D eigenvalue weighted by Crippen LogP contribution is -2.59. The van der Waals surface area contributed by atoms with Gasteiger partial charge in [0.15, 0.2) is 12.3 Å². The van der Waals surface area contributed by atoms with E-state index in [4.69, 9.17) is 18.9 Å². The largest absolute Gasteiger partial charge is 0.508 e. The molecule has 2 unspecified atom stereocenters. The van der Waals surface area contributed by atoms with Crippen LogP contribution in [0.5, 0.6) is 11.5 Å². The second-order valence-electron chi connectivity index (χ2n) is 12.5. The highest BCUT2D eigenvalue weighted by Gasteiger charge is 2.48. The van der Waals surface area contributed by atoms with Gasteiger partial charge in [0, 0.05) is 50.9 Å². The van der Waals surface area contributed by atoms with Crippen molar-refractivity contribution in [3.63, 3.8) is 0 Å². The molecule has 12 heteroatoms. The molecule has 1 aromatic rings. The molecule has 6 N–H and O–H groups in total. The van der Waals surface area contributed by atoms with Gasteiger partial charge in [0.1, 0.15) is 29.3 Å². The number of aliphatic hydroxyl groups is 3. The molecule has 242 valence electrons. The highest BCUT2D eigenvalue weighted by atomic mass is 16.6. The Kier molecular flexibility index (Phi) is 11.2. The maximum atomic E-state index is 12.9. The minimum absolute atomic E-state index is 0.00479. The van der Waals surface area contributed by atoms with E-state index in [1.807, 2.05) is 13.8 Å². The van der Waals surface area contributed by atoms with Crippen molar-refractivity contribution in [1.82, 2.24) is 5.32 Å². The number of phenolic OH excluding ortho intramolecular Hbond substituents is 2. The van der Waals surface area contributed by atoms with Crippen LogP contribution in [-0.2, 0) is 30.2 Å². The summed E-state index contributed by atoms with van der Waals surface area (Å²) in [6.07, 6.45) is -6.89. The number of nitrogens with one attached hydrogen (secondary N) is 1. The van der Waals surface area contributed by atoms with Gasteiger partial charge in [-0.05, 0) is 31.4 Å². The average molecular weight is 610 g/mol. The summed E-state index contributed by atoms with van der Waals surface area (Å²) in [5, 5.41) is 56.0. The number of hydrogen-bond acceptors (Lipinski definition) is 11. The molecule has 0 aliphatic carbocycles. The third kappa shape index (κ3) is 7.50. The minimum atomic E-state index is -1.50. The lowest BCUT2D eigenvalue weighted by Gasteiger charge is -2.48. The molecule has 43 heavy (non-hydrogen) atoms. The Morgan fingerprint density at radius 2 is 1.84 bits per heavy atom. The second kappa shape index (κ2) is 13.9. The summed E-state index contributed by atoms with van der Waals surface area (Å²) in [7, 11) is 2.76. The summed E-state index contributed by atoms with van der Waals surface area (Å²) >= 11 is 0. The molecule has 0 bridgehead atoms. The lowest BCUT2D eigenvalue weighted by atomic mass is 9.73. The smallest absolute Gasteiger partial charge is 0.342 e. The standard InChI is InChI=1S/C31H47NO11/c1-14(2)9-22(40-7)27(37)28(38)32-29(41-8)23-13-24(36)31(5,6)25(42-23)12-19(34)16(4)21-10-17-15(3)18(33)11-20(35)26(17)30(39)43-21/h11,16,19,21-25,27,29,33-37H,1,9-10,12-13H2,2-8H3,(H,32,38)/t16?,19-,21+,22+,23-,24+,25+,27-,29?/m0/s1. The van der Waals surface area contributed by atoms with Gasteiger partial charge in [-0.2, -0.15) is 0 Å². The van der Waals surface area contributed by atoms with Crippen molar-refractivity contribution in [3.05, 3.63) is 34.9 Å². The number of carbonyl (C=O) groups excluding carboxylic acids is 2. The van der Waals surface area contributed by atoms with Crippen LogP contribution >= 0.6 is 0 Å². The molecule has 0 saturated carbocycles. The average Bonchev–Trinajstić information content (AvgIpc) is 2.94. The summed E-state index contributed by atoms with van der Waals surface area (Å²) in [6, 6.07) is 1.10. The number of amides is 1. The summed E-state index contributed by atoms with van der Waals surface area (Å²) in [6.45, 7) is 12.6. The van der Waals surface area contributed by atoms with E-state index in [0.29, 0.717) is 11.1 Å².